The second-order valence-electron chi connectivity index (χ2n) is 8.64. The first-order valence-electron chi connectivity index (χ1n) is 9.94. The summed E-state index contributed by atoms with van der Waals surface area (Å²) in [6.45, 7) is 3.50. The second-order valence-corrected chi connectivity index (χ2v) is 8.64. The van der Waals surface area contributed by atoms with Crippen molar-refractivity contribution in [3.05, 3.63) is 29.3 Å². The first-order chi connectivity index (χ1) is 12.7. The zero-order chi connectivity index (χ0) is 20.1. The van der Waals surface area contributed by atoms with Crippen LogP contribution in [0, 0.1) is 10.8 Å². The Morgan fingerprint density at radius 3 is 2.22 bits per heavy atom. The molecule has 27 heavy (non-hydrogen) atoms. The van der Waals surface area contributed by atoms with Gasteiger partial charge in [-0.15, -0.1) is 0 Å². The van der Waals surface area contributed by atoms with Gasteiger partial charge >= 0.3 is 11.9 Å². The maximum atomic E-state index is 11.2. The molecule has 0 spiro atoms. The Balaban J connectivity index is 1.81. The van der Waals surface area contributed by atoms with E-state index in [2.05, 4.69) is 0 Å². The molecule has 0 unspecified atom stereocenters. The first-order valence-corrected chi connectivity index (χ1v) is 9.94. The van der Waals surface area contributed by atoms with Crippen LogP contribution in [0.25, 0.3) is 0 Å². The molecule has 1 aromatic carbocycles. The Kier molecular flexibility index (Phi) is 6.90. The van der Waals surface area contributed by atoms with E-state index in [1.807, 2.05) is 6.07 Å². The van der Waals surface area contributed by atoms with Gasteiger partial charge in [-0.2, -0.15) is 0 Å². The van der Waals surface area contributed by atoms with Crippen LogP contribution in [-0.4, -0.2) is 27.3 Å². The first kappa shape index (κ1) is 21.3. The normalized spacial score (nSPS) is 15.5. The maximum Gasteiger partial charge on any atom is 0.309 e. The van der Waals surface area contributed by atoms with E-state index in [0.717, 1.165) is 63.4 Å². The van der Waals surface area contributed by atoms with Crippen LogP contribution in [0.15, 0.2) is 18.2 Å². The molecule has 1 fully saturated rings. The minimum absolute atomic E-state index is 0.252. The maximum absolute atomic E-state index is 11.2. The summed E-state index contributed by atoms with van der Waals surface area (Å²) in [7, 11) is 0. The standard InChI is InChI=1S/C22H32O5/c1-21(2,19(24)25)11-5-3-8-17-15-18(23)10-9-16(17)7-4-6-12-22(13-14-22)20(26)27/h9-10,15,23H,3-8,11-14H2,1-2H3,(H,24,25)(H,26,27). The second kappa shape index (κ2) is 8.77. The molecule has 1 aromatic rings. The van der Waals surface area contributed by atoms with E-state index in [1.165, 1.54) is 5.56 Å². The van der Waals surface area contributed by atoms with Gasteiger partial charge in [-0.1, -0.05) is 18.9 Å². The number of carboxylic acid groups (broad SMARTS) is 2. The van der Waals surface area contributed by atoms with Crippen LogP contribution >= 0.6 is 0 Å². The van der Waals surface area contributed by atoms with Gasteiger partial charge in [-0.3, -0.25) is 9.59 Å². The fourth-order valence-electron chi connectivity index (χ4n) is 3.58. The SMILES string of the molecule is CC(C)(CCCCc1cc(O)ccc1CCCCC1(C(=O)O)CC1)C(=O)O. The highest BCUT2D eigenvalue weighted by Crippen LogP contribution is 2.50. The van der Waals surface area contributed by atoms with Crippen molar-refractivity contribution in [3.63, 3.8) is 0 Å². The van der Waals surface area contributed by atoms with Crippen molar-refractivity contribution in [2.24, 2.45) is 10.8 Å². The van der Waals surface area contributed by atoms with Crippen molar-refractivity contribution in [3.8, 4) is 5.75 Å². The summed E-state index contributed by atoms with van der Waals surface area (Å²) < 4.78 is 0. The summed E-state index contributed by atoms with van der Waals surface area (Å²) in [5.41, 5.74) is 1.16. The Labute approximate surface area is 161 Å². The van der Waals surface area contributed by atoms with Gasteiger partial charge in [-0.25, -0.2) is 0 Å². The van der Waals surface area contributed by atoms with Crippen LogP contribution < -0.4 is 0 Å². The van der Waals surface area contributed by atoms with Crippen molar-refractivity contribution in [2.75, 3.05) is 0 Å². The van der Waals surface area contributed by atoms with Crippen LogP contribution in [0.4, 0.5) is 0 Å². The van der Waals surface area contributed by atoms with Crippen molar-refractivity contribution >= 4 is 11.9 Å². The topological polar surface area (TPSA) is 94.8 Å². The summed E-state index contributed by atoms with van der Waals surface area (Å²) in [4.78, 5) is 22.4. The van der Waals surface area contributed by atoms with Gasteiger partial charge in [0, 0.05) is 0 Å². The molecule has 0 radical (unpaired) electrons. The Hall–Kier alpha value is -2.04. The number of benzene rings is 1. The van der Waals surface area contributed by atoms with E-state index < -0.39 is 22.8 Å². The quantitative estimate of drug-likeness (QED) is 0.456. The highest BCUT2D eigenvalue weighted by atomic mass is 16.4. The number of rotatable bonds is 12. The molecule has 5 nitrogen and oxygen atoms in total. The lowest BCUT2D eigenvalue weighted by molar-refractivity contribution is -0.147. The van der Waals surface area contributed by atoms with E-state index in [4.69, 9.17) is 0 Å². The fraction of sp³-hybridized carbons (Fsp3) is 0.636. The number of aromatic hydroxyl groups is 1. The molecule has 3 N–H and O–H groups in total. The molecule has 1 aliphatic carbocycles. The largest absolute Gasteiger partial charge is 0.508 e. The third-order valence-electron chi connectivity index (χ3n) is 5.93. The third-order valence-corrected chi connectivity index (χ3v) is 5.93. The fourth-order valence-corrected chi connectivity index (χ4v) is 3.58. The molecule has 1 aliphatic rings. The highest BCUT2D eigenvalue weighted by molar-refractivity contribution is 5.77. The Bertz CT molecular complexity index is 673. The predicted molar refractivity (Wildman–Crippen MR) is 104 cm³/mol. The molecular formula is C22H32O5. The van der Waals surface area contributed by atoms with Crippen LogP contribution in [0.1, 0.15) is 76.3 Å². The molecule has 0 bridgehead atoms. The van der Waals surface area contributed by atoms with Gasteiger partial charge in [0.2, 0.25) is 0 Å². The molecule has 0 atom stereocenters. The van der Waals surface area contributed by atoms with Gasteiger partial charge in [-0.05, 0) is 88.5 Å². The molecular weight excluding hydrogens is 344 g/mol. The Morgan fingerprint density at radius 2 is 1.63 bits per heavy atom. The van der Waals surface area contributed by atoms with Gasteiger partial charge in [0.15, 0.2) is 0 Å². The number of unbranched alkanes of at least 4 members (excludes halogenated alkanes) is 2. The number of carboxylic acids is 2. The monoisotopic (exact) mass is 376 g/mol. The average Bonchev–Trinajstić information content (AvgIpc) is 3.38. The van der Waals surface area contributed by atoms with E-state index >= 15 is 0 Å². The van der Waals surface area contributed by atoms with Crippen molar-refractivity contribution in [1.82, 2.24) is 0 Å². The van der Waals surface area contributed by atoms with Gasteiger partial charge in [0.25, 0.3) is 0 Å². The smallest absolute Gasteiger partial charge is 0.309 e. The molecule has 150 valence electrons. The summed E-state index contributed by atoms with van der Waals surface area (Å²) in [5, 5.41) is 28.2. The molecule has 0 saturated heterocycles. The summed E-state index contributed by atoms with van der Waals surface area (Å²) in [5.74, 6) is -1.17. The molecule has 0 heterocycles. The minimum atomic E-state index is -0.768. The molecule has 0 aromatic heterocycles. The number of aliphatic carboxylic acids is 2. The number of hydrogen-bond acceptors (Lipinski definition) is 3. The lowest BCUT2D eigenvalue weighted by Gasteiger charge is -2.18. The minimum Gasteiger partial charge on any atom is -0.508 e. The summed E-state index contributed by atoms with van der Waals surface area (Å²) >= 11 is 0. The average molecular weight is 376 g/mol. The molecule has 1 saturated carbocycles. The summed E-state index contributed by atoms with van der Waals surface area (Å²) in [6, 6.07) is 5.46. The number of phenols is 1. The van der Waals surface area contributed by atoms with Gasteiger partial charge in [0.05, 0.1) is 10.8 Å². The van der Waals surface area contributed by atoms with Crippen LogP contribution in [0.5, 0.6) is 5.75 Å². The van der Waals surface area contributed by atoms with Crippen LogP contribution in [0.3, 0.4) is 0 Å². The molecule has 0 amide bonds. The van der Waals surface area contributed by atoms with Gasteiger partial charge < -0.3 is 15.3 Å². The van der Waals surface area contributed by atoms with Crippen LogP contribution in [-0.2, 0) is 22.4 Å². The Morgan fingerprint density at radius 1 is 1.00 bits per heavy atom. The number of hydrogen-bond donors (Lipinski definition) is 3. The zero-order valence-corrected chi connectivity index (χ0v) is 16.5. The lowest BCUT2D eigenvalue weighted by Crippen LogP contribution is -2.23. The van der Waals surface area contributed by atoms with Crippen LogP contribution in [0.2, 0.25) is 0 Å². The van der Waals surface area contributed by atoms with E-state index in [-0.39, 0.29) is 5.75 Å². The summed E-state index contributed by atoms with van der Waals surface area (Å²) in [6.07, 6.45) is 8.25. The predicted octanol–water partition coefficient (Wildman–Crippen LogP) is 4.79. The van der Waals surface area contributed by atoms with E-state index in [0.29, 0.717) is 6.42 Å². The number of aryl methyl sites for hydroxylation is 2. The molecule has 0 aliphatic heterocycles. The van der Waals surface area contributed by atoms with Crippen molar-refractivity contribution in [2.45, 2.75) is 78.1 Å². The number of phenolic OH excluding ortho intramolecular Hbond substituents is 1. The third kappa shape index (κ3) is 5.98. The van der Waals surface area contributed by atoms with E-state index in [9.17, 15) is 24.9 Å². The van der Waals surface area contributed by atoms with E-state index in [1.54, 1.807) is 26.0 Å². The van der Waals surface area contributed by atoms with Crippen molar-refractivity contribution in [1.29, 1.82) is 0 Å². The van der Waals surface area contributed by atoms with Crippen molar-refractivity contribution < 1.29 is 24.9 Å². The zero-order valence-electron chi connectivity index (χ0n) is 16.5. The number of carbonyl (C=O) groups is 2. The highest BCUT2D eigenvalue weighted by Gasteiger charge is 2.49. The molecule has 5 heteroatoms. The lowest BCUT2D eigenvalue weighted by atomic mass is 9.86. The van der Waals surface area contributed by atoms with Gasteiger partial charge in [0.1, 0.15) is 5.75 Å². The molecule has 2 rings (SSSR count).